The van der Waals surface area contributed by atoms with Gasteiger partial charge in [-0.3, -0.25) is 8.37 Å². The number of rotatable bonds is 58. The van der Waals surface area contributed by atoms with E-state index in [4.69, 9.17) is 0 Å². The van der Waals surface area contributed by atoms with Gasteiger partial charge in [0.1, 0.15) is 0 Å². The first-order chi connectivity index (χ1) is 34.0. The Morgan fingerprint density at radius 2 is 0.380 bits per heavy atom. The molecule has 0 rings (SSSR count). The quantitative estimate of drug-likeness (QED) is 0.0254. The zero-order valence-corrected chi connectivity index (χ0v) is 52.0. The summed E-state index contributed by atoms with van der Waals surface area (Å²) in [7, 11) is -9.16. The molecule has 0 aliphatic carbocycles. The second-order valence-corrected chi connectivity index (χ2v) is 23.9. The van der Waals surface area contributed by atoms with E-state index in [1.807, 2.05) is 0 Å². The van der Waals surface area contributed by atoms with Gasteiger partial charge < -0.3 is 9.11 Å². The second-order valence-electron chi connectivity index (χ2n) is 21.8. The van der Waals surface area contributed by atoms with Crippen molar-refractivity contribution in [3.63, 3.8) is 0 Å². The molecule has 0 aliphatic heterocycles. The fourth-order valence-corrected chi connectivity index (χ4v) is 10.8. The maximum atomic E-state index is 10.9. The third kappa shape index (κ3) is 71.0. The summed E-state index contributed by atoms with van der Waals surface area (Å²) in [4.78, 5) is 0. The first kappa shape index (κ1) is 76.2. The van der Waals surface area contributed by atoms with Crippen molar-refractivity contribution in [2.24, 2.45) is 11.8 Å². The van der Waals surface area contributed by atoms with Gasteiger partial charge in [-0.2, -0.15) is 0 Å². The number of hydrogen-bond acceptors (Lipinski definition) is 8. The summed E-state index contributed by atoms with van der Waals surface area (Å²) in [5, 5.41) is 0. The molecule has 0 aromatic rings. The van der Waals surface area contributed by atoms with Crippen molar-refractivity contribution in [1.82, 2.24) is 0 Å². The molecule has 11 heteroatoms. The number of hydrogen-bond donors (Lipinski definition) is 0. The molecule has 0 radical (unpaired) electrons. The SMILES string of the molecule is CCCCCCCCCCCCCCC(CCCCCCCCCCCCCC)COS(=O)(=O)[O-].CCCCCCCCCCCCCCC(CCCCCCCCCCCCCC)COS(=O)(=O)[O-].[Ca+2]. The van der Waals surface area contributed by atoms with E-state index >= 15 is 0 Å². The normalized spacial score (nSPS) is 11.9. The van der Waals surface area contributed by atoms with Gasteiger partial charge in [0, 0.05) is 0 Å². The Morgan fingerprint density at radius 1 is 0.254 bits per heavy atom. The van der Waals surface area contributed by atoms with Gasteiger partial charge >= 0.3 is 37.7 Å². The standard InChI is InChI=1S/2C30H62O4S.Ca/c2*1-3-5-7-9-11-13-15-17-19-21-23-25-27-30(29-34-35(31,32)33)28-26-24-22-20-18-16-14-12-10-8-6-4-2;/h2*30H,3-29H2,1-2H3,(H,31,32,33);/q;;+2/p-2. The molecule has 0 N–H and O–H groups in total. The Hall–Kier alpha value is 1.000. The van der Waals surface area contributed by atoms with E-state index in [0.717, 1.165) is 51.4 Å². The largest absolute Gasteiger partial charge is 2.00 e. The summed E-state index contributed by atoms with van der Waals surface area (Å²) < 4.78 is 74.7. The van der Waals surface area contributed by atoms with Crippen molar-refractivity contribution in [1.29, 1.82) is 0 Å². The molecule has 8 nitrogen and oxygen atoms in total. The maximum absolute atomic E-state index is 10.9. The molecule has 0 aromatic carbocycles. The molecular weight excluding hydrogens is 953 g/mol. The van der Waals surface area contributed by atoms with Crippen LogP contribution < -0.4 is 0 Å². The predicted molar refractivity (Wildman–Crippen MR) is 307 cm³/mol. The Labute approximate surface area is 475 Å². The van der Waals surface area contributed by atoms with Crippen LogP contribution in [0.15, 0.2) is 0 Å². The van der Waals surface area contributed by atoms with Crippen LogP contribution in [0.4, 0.5) is 0 Å². The van der Waals surface area contributed by atoms with Crippen LogP contribution in [0.2, 0.25) is 0 Å². The van der Waals surface area contributed by atoms with Crippen LogP contribution in [0.25, 0.3) is 0 Å². The molecule has 71 heavy (non-hydrogen) atoms. The zero-order chi connectivity index (χ0) is 51.8. The van der Waals surface area contributed by atoms with Gasteiger partial charge in [0.05, 0.1) is 13.2 Å². The average molecular weight is 1080 g/mol. The first-order valence-electron chi connectivity index (χ1n) is 31.2. The van der Waals surface area contributed by atoms with Gasteiger partial charge in [-0.25, -0.2) is 16.8 Å². The molecule has 0 aliphatic rings. The fourth-order valence-electron chi connectivity index (χ4n) is 10.1. The Balaban J connectivity index is -0.00000128. The summed E-state index contributed by atoms with van der Waals surface area (Å²) in [5.41, 5.74) is 0. The van der Waals surface area contributed by atoms with Gasteiger partial charge in [0.15, 0.2) is 0 Å². The molecule has 0 atom stereocenters. The third-order valence-electron chi connectivity index (χ3n) is 14.8. The molecule has 0 bridgehead atoms. The summed E-state index contributed by atoms with van der Waals surface area (Å²) >= 11 is 0. The van der Waals surface area contributed by atoms with Gasteiger partial charge in [-0.15, -0.1) is 0 Å². The number of unbranched alkanes of at least 4 members (excludes halogenated alkanes) is 44. The molecule has 0 unspecified atom stereocenters. The minimum atomic E-state index is -4.58. The molecule has 0 amide bonds. The molecule has 0 saturated carbocycles. The molecular formula is C60H122CaO8S2. The smallest absolute Gasteiger partial charge is 0.726 e. The van der Waals surface area contributed by atoms with Crippen LogP contribution in [0.1, 0.15) is 362 Å². The topological polar surface area (TPSA) is 133 Å². The van der Waals surface area contributed by atoms with Crippen molar-refractivity contribution in [2.75, 3.05) is 13.2 Å². The summed E-state index contributed by atoms with van der Waals surface area (Å²) in [6.45, 7) is 9.20. The Morgan fingerprint density at radius 3 is 0.507 bits per heavy atom. The van der Waals surface area contributed by atoms with Crippen molar-refractivity contribution in [2.45, 2.75) is 362 Å². The molecule has 0 fully saturated rings. The zero-order valence-electron chi connectivity index (χ0n) is 48.1. The van der Waals surface area contributed by atoms with Gasteiger partial charge in [-0.05, 0) is 37.5 Å². The van der Waals surface area contributed by atoms with E-state index in [-0.39, 0.29) is 62.8 Å². The summed E-state index contributed by atoms with van der Waals surface area (Å²) in [6, 6.07) is 0. The van der Waals surface area contributed by atoms with E-state index in [1.165, 1.54) is 283 Å². The van der Waals surface area contributed by atoms with E-state index in [0.29, 0.717) is 0 Å². The van der Waals surface area contributed by atoms with Crippen LogP contribution >= 0.6 is 0 Å². The molecule has 0 heterocycles. The van der Waals surface area contributed by atoms with Crippen molar-refractivity contribution in [3.8, 4) is 0 Å². The first-order valence-corrected chi connectivity index (χ1v) is 33.9. The molecule has 0 aromatic heterocycles. The molecule has 424 valence electrons. The predicted octanol–water partition coefficient (Wildman–Crippen LogP) is 20.1. The van der Waals surface area contributed by atoms with Gasteiger partial charge in [0.25, 0.3) is 0 Å². The monoisotopic (exact) mass is 1070 g/mol. The third-order valence-corrected chi connectivity index (χ3v) is 15.6. The van der Waals surface area contributed by atoms with E-state index in [1.54, 1.807) is 0 Å². The second kappa shape index (κ2) is 61.8. The van der Waals surface area contributed by atoms with Crippen molar-refractivity contribution < 1.29 is 34.3 Å². The van der Waals surface area contributed by atoms with Gasteiger partial charge in [-0.1, -0.05) is 336 Å². The minimum Gasteiger partial charge on any atom is -0.726 e. The van der Waals surface area contributed by atoms with Gasteiger partial charge in [0.2, 0.25) is 20.8 Å². The van der Waals surface area contributed by atoms with Crippen LogP contribution in [-0.2, 0) is 29.2 Å². The summed E-state index contributed by atoms with van der Waals surface area (Å²) in [6.07, 6.45) is 67.4. The minimum absolute atomic E-state index is 0. The molecule has 0 spiro atoms. The van der Waals surface area contributed by atoms with E-state index in [2.05, 4.69) is 36.1 Å². The van der Waals surface area contributed by atoms with Crippen molar-refractivity contribution in [3.05, 3.63) is 0 Å². The fraction of sp³-hybridized carbons (Fsp3) is 1.00. The van der Waals surface area contributed by atoms with Crippen LogP contribution in [0.5, 0.6) is 0 Å². The van der Waals surface area contributed by atoms with Crippen LogP contribution in [0.3, 0.4) is 0 Å². The van der Waals surface area contributed by atoms with Crippen LogP contribution in [-0.4, -0.2) is 76.9 Å². The summed E-state index contributed by atoms with van der Waals surface area (Å²) in [5.74, 6) is 0.398. The maximum Gasteiger partial charge on any atom is 2.00 e. The Kier molecular flexibility index (Phi) is 66.4. The van der Waals surface area contributed by atoms with E-state index < -0.39 is 20.8 Å². The molecule has 0 saturated heterocycles. The van der Waals surface area contributed by atoms with Crippen molar-refractivity contribution >= 4 is 58.5 Å². The average Bonchev–Trinajstić information content (AvgIpc) is 3.32. The van der Waals surface area contributed by atoms with Crippen LogP contribution in [0, 0.1) is 11.8 Å². The Bertz CT molecular complexity index is 1060. The van der Waals surface area contributed by atoms with E-state index in [9.17, 15) is 25.9 Å².